The van der Waals surface area contributed by atoms with Crippen molar-refractivity contribution in [1.29, 1.82) is 0 Å². The van der Waals surface area contributed by atoms with Gasteiger partial charge in [0, 0.05) is 19.6 Å². The Kier molecular flexibility index (Phi) is 1.74. The molecule has 0 unspecified atom stereocenters. The summed E-state index contributed by atoms with van der Waals surface area (Å²) >= 11 is 0. The van der Waals surface area contributed by atoms with Crippen molar-refractivity contribution in [2.45, 2.75) is 38.7 Å². The minimum Gasteiger partial charge on any atom is -0.388 e. The highest BCUT2D eigenvalue weighted by atomic mass is 16.3. The molecule has 0 bridgehead atoms. The summed E-state index contributed by atoms with van der Waals surface area (Å²) in [5.41, 5.74) is 0.191. The number of hydrogen-bond acceptors (Lipinski definition) is 2. The zero-order chi connectivity index (χ0) is 8.82. The van der Waals surface area contributed by atoms with Crippen molar-refractivity contribution in [1.82, 2.24) is 4.90 Å². The minimum absolute atomic E-state index is 0.389. The average Bonchev–Trinajstić information content (AvgIpc) is 1.80. The largest absolute Gasteiger partial charge is 0.388 e. The highest BCUT2D eigenvalue weighted by Gasteiger charge is 2.41. The van der Waals surface area contributed by atoms with Crippen LogP contribution in [-0.2, 0) is 0 Å². The van der Waals surface area contributed by atoms with Gasteiger partial charge in [0.1, 0.15) is 0 Å². The number of likely N-dealkylation sites (tertiary alicyclic amines) is 1. The number of rotatable bonds is 2. The Morgan fingerprint density at radius 2 is 1.83 bits per heavy atom. The maximum Gasteiger partial charge on any atom is 0.0872 e. The Morgan fingerprint density at radius 3 is 2.17 bits per heavy atom. The molecule has 0 aromatic carbocycles. The van der Waals surface area contributed by atoms with Gasteiger partial charge in [0.2, 0.25) is 0 Å². The first kappa shape index (κ1) is 8.52. The van der Waals surface area contributed by atoms with E-state index in [-0.39, 0.29) is 5.60 Å². The monoisotopic (exact) mass is 169 g/mol. The fourth-order valence-electron chi connectivity index (χ4n) is 2.51. The van der Waals surface area contributed by atoms with E-state index in [0.29, 0.717) is 5.41 Å². The minimum atomic E-state index is -0.389. The summed E-state index contributed by atoms with van der Waals surface area (Å²) in [6, 6.07) is 0. The third-order valence-corrected chi connectivity index (χ3v) is 3.29. The number of aliphatic hydroxyl groups is 1. The van der Waals surface area contributed by atoms with E-state index in [1.807, 2.05) is 6.92 Å². The number of nitrogens with zero attached hydrogens (tertiary/aromatic N) is 1. The predicted octanol–water partition coefficient (Wildman–Crippen LogP) is 1.24. The van der Waals surface area contributed by atoms with Gasteiger partial charge in [-0.25, -0.2) is 0 Å². The van der Waals surface area contributed by atoms with Crippen LogP contribution < -0.4 is 0 Å². The molecule has 1 N–H and O–H groups in total. The second-order valence-electron chi connectivity index (χ2n) is 5.31. The van der Waals surface area contributed by atoms with E-state index in [2.05, 4.69) is 11.8 Å². The van der Waals surface area contributed by atoms with Crippen LogP contribution in [0.25, 0.3) is 0 Å². The maximum absolute atomic E-state index is 9.53. The zero-order valence-electron chi connectivity index (χ0n) is 8.14. The Bertz CT molecular complexity index is 176. The Morgan fingerprint density at radius 1 is 1.25 bits per heavy atom. The van der Waals surface area contributed by atoms with E-state index in [4.69, 9.17) is 0 Å². The maximum atomic E-state index is 9.53. The lowest BCUT2D eigenvalue weighted by atomic mass is 9.69. The molecule has 0 spiro atoms. The van der Waals surface area contributed by atoms with Crippen molar-refractivity contribution in [3.05, 3.63) is 0 Å². The number of hydrogen-bond donors (Lipinski definition) is 1. The van der Waals surface area contributed by atoms with Gasteiger partial charge in [-0.2, -0.15) is 0 Å². The van der Waals surface area contributed by atoms with Crippen LogP contribution in [0.3, 0.4) is 0 Å². The molecule has 0 aromatic heterocycles. The molecule has 0 radical (unpaired) electrons. The van der Waals surface area contributed by atoms with Crippen LogP contribution in [0, 0.1) is 5.41 Å². The molecular formula is C10H19NO. The van der Waals surface area contributed by atoms with E-state index in [1.54, 1.807) is 0 Å². The van der Waals surface area contributed by atoms with Crippen LogP contribution in [0.2, 0.25) is 0 Å². The molecule has 0 aromatic rings. The van der Waals surface area contributed by atoms with Gasteiger partial charge in [-0.15, -0.1) is 0 Å². The summed E-state index contributed by atoms with van der Waals surface area (Å²) in [5, 5.41) is 9.53. The van der Waals surface area contributed by atoms with Crippen molar-refractivity contribution in [3.63, 3.8) is 0 Å². The zero-order valence-corrected chi connectivity index (χ0v) is 8.14. The van der Waals surface area contributed by atoms with E-state index in [1.165, 1.54) is 25.8 Å². The third kappa shape index (κ3) is 1.50. The van der Waals surface area contributed by atoms with Gasteiger partial charge in [-0.1, -0.05) is 13.3 Å². The van der Waals surface area contributed by atoms with Gasteiger partial charge in [0.25, 0.3) is 0 Å². The predicted molar refractivity (Wildman–Crippen MR) is 49.0 cm³/mol. The van der Waals surface area contributed by atoms with Gasteiger partial charge in [0.15, 0.2) is 0 Å². The molecule has 1 saturated carbocycles. The van der Waals surface area contributed by atoms with Crippen molar-refractivity contribution >= 4 is 0 Å². The molecule has 1 saturated heterocycles. The summed E-state index contributed by atoms with van der Waals surface area (Å²) < 4.78 is 0. The topological polar surface area (TPSA) is 23.5 Å². The van der Waals surface area contributed by atoms with E-state index in [0.717, 1.165) is 13.1 Å². The van der Waals surface area contributed by atoms with Crippen LogP contribution in [0.4, 0.5) is 0 Å². The highest BCUT2D eigenvalue weighted by Crippen LogP contribution is 2.42. The van der Waals surface area contributed by atoms with Gasteiger partial charge < -0.3 is 5.11 Å². The molecule has 2 fully saturated rings. The van der Waals surface area contributed by atoms with E-state index >= 15 is 0 Å². The average molecular weight is 169 g/mol. The first-order valence-corrected chi connectivity index (χ1v) is 4.94. The quantitative estimate of drug-likeness (QED) is 0.672. The second-order valence-corrected chi connectivity index (χ2v) is 5.31. The molecule has 2 heteroatoms. The van der Waals surface area contributed by atoms with Crippen molar-refractivity contribution in [2.75, 3.05) is 19.6 Å². The fourth-order valence-corrected chi connectivity index (χ4v) is 2.51. The third-order valence-electron chi connectivity index (χ3n) is 3.29. The van der Waals surface area contributed by atoms with Gasteiger partial charge >= 0.3 is 0 Å². The van der Waals surface area contributed by atoms with Crippen LogP contribution >= 0.6 is 0 Å². The first-order valence-electron chi connectivity index (χ1n) is 4.94. The summed E-state index contributed by atoms with van der Waals surface area (Å²) in [4.78, 5) is 2.37. The number of β-amino-alcohol motifs (C(OH)–C–C–N with tert-alkyl or cyclic N) is 1. The van der Waals surface area contributed by atoms with Crippen molar-refractivity contribution in [2.24, 2.45) is 5.41 Å². The van der Waals surface area contributed by atoms with E-state index < -0.39 is 0 Å². The van der Waals surface area contributed by atoms with Crippen LogP contribution in [-0.4, -0.2) is 35.2 Å². The molecule has 2 aliphatic rings. The van der Waals surface area contributed by atoms with Crippen molar-refractivity contribution in [3.8, 4) is 0 Å². The standard InChI is InChI=1S/C10H19NO/c1-9(4-3-5-9)6-11-7-10(2,12)8-11/h12H,3-8H2,1-2H3. The first-order chi connectivity index (χ1) is 5.49. The summed E-state index contributed by atoms with van der Waals surface area (Å²) in [5.74, 6) is 0. The van der Waals surface area contributed by atoms with E-state index in [9.17, 15) is 5.11 Å². The second kappa shape index (κ2) is 2.46. The summed E-state index contributed by atoms with van der Waals surface area (Å²) in [6.45, 7) is 7.24. The molecule has 12 heavy (non-hydrogen) atoms. The van der Waals surface area contributed by atoms with Gasteiger partial charge in [-0.05, 0) is 25.2 Å². The highest BCUT2D eigenvalue weighted by molar-refractivity contribution is 4.96. The van der Waals surface area contributed by atoms with Crippen LogP contribution in [0.15, 0.2) is 0 Å². The SMILES string of the molecule is CC1(O)CN(CC2(C)CCC2)C1. The normalized spacial score (nSPS) is 32.2. The summed E-state index contributed by atoms with van der Waals surface area (Å²) in [6.07, 6.45) is 4.16. The molecule has 0 amide bonds. The molecular weight excluding hydrogens is 150 g/mol. The van der Waals surface area contributed by atoms with Crippen molar-refractivity contribution < 1.29 is 5.11 Å². The summed E-state index contributed by atoms with van der Waals surface area (Å²) in [7, 11) is 0. The lowest BCUT2D eigenvalue weighted by Gasteiger charge is -2.50. The van der Waals surface area contributed by atoms with Crippen LogP contribution in [0.1, 0.15) is 33.1 Å². The fraction of sp³-hybridized carbons (Fsp3) is 1.00. The molecule has 1 aliphatic heterocycles. The molecule has 1 heterocycles. The molecule has 70 valence electrons. The molecule has 1 aliphatic carbocycles. The lowest BCUT2D eigenvalue weighted by Crippen LogP contribution is -2.62. The molecule has 2 rings (SSSR count). The van der Waals surface area contributed by atoms with Gasteiger partial charge in [-0.3, -0.25) is 4.90 Å². The Balaban J connectivity index is 1.76. The smallest absolute Gasteiger partial charge is 0.0872 e. The lowest BCUT2D eigenvalue weighted by molar-refractivity contribution is -0.103. The van der Waals surface area contributed by atoms with Crippen LogP contribution in [0.5, 0.6) is 0 Å². The Labute approximate surface area is 74.6 Å². The van der Waals surface area contributed by atoms with Gasteiger partial charge in [0.05, 0.1) is 5.60 Å². The molecule has 0 atom stereocenters. The Hall–Kier alpha value is -0.0800. The molecule has 2 nitrogen and oxygen atoms in total.